The van der Waals surface area contributed by atoms with Crippen molar-refractivity contribution in [2.75, 3.05) is 18.4 Å². The number of carbonyl (C=O) groups excluding carboxylic acids is 1. The number of nitrogens with one attached hydrogen (secondary N) is 2. The number of nitriles is 1. The SMILES string of the molecule is Cc1cc(C#N)nc(NCC(=O)NCC(=O)O)n1. The largest absolute Gasteiger partial charge is 0.480 e. The third-order valence-electron chi connectivity index (χ3n) is 1.81. The van der Waals surface area contributed by atoms with E-state index in [1.54, 1.807) is 6.92 Å². The van der Waals surface area contributed by atoms with Crippen molar-refractivity contribution in [3.05, 3.63) is 17.5 Å². The Bertz CT molecular complexity index is 509. The Morgan fingerprint density at radius 3 is 2.78 bits per heavy atom. The van der Waals surface area contributed by atoms with E-state index in [4.69, 9.17) is 10.4 Å². The molecule has 0 aliphatic heterocycles. The number of rotatable bonds is 5. The second kappa shape index (κ2) is 6.15. The van der Waals surface area contributed by atoms with E-state index in [0.29, 0.717) is 5.69 Å². The van der Waals surface area contributed by atoms with E-state index >= 15 is 0 Å². The van der Waals surface area contributed by atoms with Crippen LogP contribution in [0.15, 0.2) is 6.07 Å². The summed E-state index contributed by atoms with van der Waals surface area (Å²) in [6, 6.07) is 3.38. The summed E-state index contributed by atoms with van der Waals surface area (Å²) < 4.78 is 0. The van der Waals surface area contributed by atoms with Gasteiger partial charge in [-0.1, -0.05) is 0 Å². The number of anilines is 1. The molecule has 1 aromatic heterocycles. The number of nitrogens with zero attached hydrogens (tertiary/aromatic N) is 3. The summed E-state index contributed by atoms with van der Waals surface area (Å²) in [7, 11) is 0. The van der Waals surface area contributed by atoms with Crippen molar-refractivity contribution >= 4 is 17.8 Å². The molecule has 0 radical (unpaired) electrons. The molecule has 1 rings (SSSR count). The lowest BCUT2D eigenvalue weighted by Crippen LogP contribution is -2.34. The molecule has 0 aliphatic carbocycles. The van der Waals surface area contributed by atoms with Crippen molar-refractivity contribution in [2.45, 2.75) is 6.92 Å². The first-order chi connectivity index (χ1) is 8.51. The van der Waals surface area contributed by atoms with Crippen LogP contribution in [0.25, 0.3) is 0 Å². The summed E-state index contributed by atoms with van der Waals surface area (Å²) >= 11 is 0. The zero-order chi connectivity index (χ0) is 13.5. The molecule has 1 heterocycles. The normalized spacial score (nSPS) is 9.33. The Hall–Kier alpha value is -2.69. The van der Waals surface area contributed by atoms with E-state index in [1.807, 2.05) is 6.07 Å². The zero-order valence-corrected chi connectivity index (χ0v) is 9.60. The molecule has 8 heteroatoms. The van der Waals surface area contributed by atoms with Gasteiger partial charge in [-0.25, -0.2) is 9.97 Å². The van der Waals surface area contributed by atoms with Gasteiger partial charge in [0.15, 0.2) is 0 Å². The highest BCUT2D eigenvalue weighted by molar-refractivity contribution is 5.83. The highest BCUT2D eigenvalue weighted by atomic mass is 16.4. The predicted octanol–water partition coefficient (Wildman–Crippen LogP) is -0.731. The topological polar surface area (TPSA) is 128 Å². The summed E-state index contributed by atoms with van der Waals surface area (Å²) in [5.41, 5.74) is 0.783. The standard InChI is InChI=1S/C10H11N5O3/c1-6-2-7(3-11)15-10(14-6)13-4-8(16)12-5-9(17)18/h2H,4-5H2,1H3,(H,12,16)(H,17,18)(H,13,14,15). The molecule has 0 atom stereocenters. The van der Waals surface area contributed by atoms with Gasteiger partial charge in [-0.2, -0.15) is 5.26 Å². The maximum Gasteiger partial charge on any atom is 0.322 e. The maximum atomic E-state index is 11.2. The molecule has 18 heavy (non-hydrogen) atoms. The molecular formula is C10H11N5O3. The first-order valence-electron chi connectivity index (χ1n) is 4.99. The number of carboxylic acid groups (broad SMARTS) is 1. The van der Waals surface area contributed by atoms with Gasteiger partial charge in [-0.05, 0) is 13.0 Å². The molecule has 0 fully saturated rings. The number of carboxylic acids is 1. The fourth-order valence-electron chi connectivity index (χ4n) is 1.10. The lowest BCUT2D eigenvalue weighted by Gasteiger charge is -2.05. The first-order valence-corrected chi connectivity index (χ1v) is 4.99. The van der Waals surface area contributed by atoms with E-state index in [9.17, 15) is 9.59 Å². The van der Waals surface area contributed by atoms with Gasteiger partial charge >= 0.3 is 5.97 Å². The monoisotopic (exact) mass is 249 g/mol. The van der Waals surface area contributed by atoms with Crippen molar-refractivity contribution in [3.8, 4) is 6.07 Å². The number of hydrogen-bond acceptors (Lipinski definition) is 6. The second-order valence-corrected chi connectivity index (χ2v) is 3.35. The Balaban J connectivity index is 2.53. The molecule has 94 valence electrons. The van der Waals surface area contributed by atoms with Gasteiger partial charge in [0.25, 0.3) is 0 Å². The number of aromatic nitrogens is 2. The van der Waals surface area contributed by atoms with Gasteiger partial charge in [-0.3, -0.25) is 9.59 Å². The Kier molecular flexibility index (Phi) is 4.57. The highest BCUT2D eigenvalue weighted by Crippen LogP contribution is 2.03. The van der Waals surface area contributed by atoms with E-state index < -0.39 is 18.4 Å². The molecule has 1 amide bonds. The van der Waals surface area contributed by atoms with Gasteiger partial charge in [0.2, 0.25) is 11.9 Å². The fourth-order valence-corrected chi connectivity index (χ4v) is 1.10. The zero-order valence-electron chi connectivity index (χ0n) is 9.60. The number of carbonyl (C=O) groups is 2. The summed E-state index contributed by atoms with van der Waals surface area (Å²) in [6.45, 7) is 1.08. The molecule has 0 aliphatic rings. The summed E-state index contributed by atoms with van der Waals surface area (Å²) in [4.78, 5) is 29.2. The molecule has 8 nitrogen and oxygen atoms in total. The van der Waals surface area contributed by atoms with E-state index in [1.165, 1.54) is 6.07 Å². The second-order valence-electron chi connectivity index (χ2n) is 3.35. The van der Waals surface area contributed by atoms with E-state index in [0.717, 1.165) is 0 Å². The lowest BCUT2D eigenvalue weighted by atomic mass is 10.3. The molecule has 0 bridgehead atoms. The van der Waals surface area contributed by atoms with Gasteiger partial charge in [0.1, 0.15) is 18.3 Å². The smallest absolute Gasteiger partial charge is 0.322 e. The van der Waals surface area contributed by atoms with Crippen molar-refractivity contribution < 1.29 is 14.7 Å². The molecule has 0 aromatic carbocycles. The highest BCUT2D eigenvalue weighted by Gasteiger charge is 2.06. The molecular weight excluding hydrogens is 238 g/mol. The number of hydrogen-bond donors (Lipinski definition) is 3. The molecule has 3 N–H and O–H groups in total. The van der Waals surface area contributed by atoms with Gasteiger partial charge < -0.3 is 15.7 Å². The average molecular weight is 249 g/mol. The number of amides is 1. The van der Waals surface area contributed by atoms with Crippen LogP contribution < -0.4 is 10.6 Å². The fraction of sp³-hybridized carbons (Fsp3) is 0.300. The van der Waals surface area contributed by atoms with Crippen LogP contribution in [0, 0.1) is 18.3 Å². The Morgan fingerprint density at radius 2 is 2.17 bits per heavy atom. The maximum absolute atomic E-state index is 11.2. The average Bonchev–Trinajstić information content (AvgIpc) is 2.33. The molecule has 1 aromatic rings. The lowest BCUT2D eigenvalue weighted by molar-refractivity contribution is -0.137. The van der Waals surface area contributed by atoms with Crippen LogP contribution in [0.5, 0.6) is 0 Å². The molecule has 0 unspecified atom stereocenters. The van der Waals surface area contributed by atoms with Crippen LogP contribution in [0.1, 0.15) is 11.4 Å². The van der Waals surface area contributed by atoms with Crippen molar-refractivity contribution in [1.29, 1.82) is 5.26 Å². The quantitative estimate of drug-likeness (QED) is 0.627. The van der Waals surface area contributed by atoms with Crippen molar-refractivity contribution in [3.63, 3.8) is 0 Å². The minimum atomic E-state index is -1.12. The predicted molar refractivity (Wildman–Crippen MR) is 60.6 cm³/mol. The Morgan fingerprint density at radius 1 is 1.44 bits per heavy atom. The van der Waals surface area contributed by atoms with Crippen LogP contribution in [0.3, 0.4) is 0 Å². The molecule has 0 saturated carbocycles. The van der Waals surface area contributed by atoms with Crippen molar-refractivity contribution in [2.24, 2.45) is 0 Å². The van der Waals surface area contributed by atoms with Gasteiger partial charge in [-0.15, -0.1) is 0 Å². The van der Waals surface area contributed by atoms with Gasteiger partial charge in [0.05, 0.1) is 6.54 Å². The third-order valence-corrected chi connectivity index (χ3v) is 1.81. The van der Waals surface area contributed by atoms with Crippen LogP contribution in [-0.2, 0) is 9.59 Å². The molecule has 0 saturated heterocycles. The van der Waals surface area contributed by atoms with Gasteiger partial charge in [0, 0.05) is 5.69 Å². The van der Waals surface area contributed by atoms with Crippen LogP contribution >= 0.6 is 0 Å². The first kappa shape index (κ1) is 13.4. The van der Waals surface area contributed by atoms with E-state index in [-0.39, 0.29) is 18.2 Å². The van der Waals surface area contributed by atoms with Crippen LogP contribution in [0.2, 0.25) is 0 Å². The summed E-state index contributed by atoms with van der Waals surface area (Å²) in [5, 5.41) is 21.8. The molecule has 0 spiro atoms. The van der Waals surface area contributed by atoms with E-state index in [2.05, 4.69) is 20.6 Å². The summed E-state index contributed by atoms with van der Waals surface area (Å²) in [6.07, 6.45) is 0. The summed E-state index contributed by atoms with van der Waals surface area (Å²) in [5.74, 6) is -1.47. The third kappa shape index (κ3) is 4.44. The van der Waals surface area contributed by atoms with Crippen molar-refractivity contribution in [1.82, 2.24) is 15.3 Å². The number of aryl methyl sites for hydroxylation is 1. The Labute approximate surface area is 103 Å². The minimum absolute atomic E-state index is 0.150. The van der Waals surface area contributed by atoms with Crippen LogP contribution in [-0.4, -0.2) is 40.0 Å². The minimum Gasteiger partial charge on any atom is -0.480 e. The number of aliphatic carboxylic acids is 1. The van der Waals surface area contributed by atoms with Crippen LogP contribution in [0.4, 0.5) is 5.95 Å².